The quantitative estimate of drug-likeness (QED) is 0.726. The average Bonchev–Trinajstić information content (AvgIpc) is 2.54. The van der Waals surface area contributed by atoms with E-state index >= 15 is 0 Å². The Balaban J connectivity index is 1.85. The fourth-order valence-corrected chi connectivity index (χ4v) is 2.71. The molecule has 0 fully saturated rings. The Labute approximate surface area is 134 Å². The molecule has 0 saturated heterocycles. The van der Waals surface area contributed by atoms with Gasteiger partial charge in [-0.2, -0.15) is 0 Å². The van der Waals surface area contributed by atoms with Crippen molar-refractivity contribution in [1.29, 1.82) is 0 Å². The van der Waals surface area contributed by atoms with E-state index in [2.05, 4.69) is 29.6 Å². The maximum atomic E-state index is 12.3. The molecule has 2 nitrogen and oxygen atoms in total. The first kappa shape index (κ1) is 14.6. The topological polar surface area (TPSA) is 29.1 Å². The van der Waals surface area contributed by atoms with Crippen molar-refractivity contribution in [2.45, 2.75) is 13.0 Å². The molecular weight excluding hydrogens is 294 g/mol. The molecule has 0 bridgehead atoms. The summed E-state index contributed by atoms with van der Waals surface area (Å²) in [6.45, 7) is 2.00. The first-order chi connectivity index (χ1) is 10.6. The predicted octanol–water partition coefficient (Wildman–Crippen LogP) is 4.98. The van der Waals surface area contributed by atoms with Crippen LogP contribution in [-0.2, 0) is 0 Å². The summed E-state index contributed by atoms with van der Waals surface area (Å²) < 4.78 is 0. The van der Waals surface area contributed by atoms with Gasteiger partial charge in [-0.25, -0.2) is 0 Å². The van der Waals surface area contributed by atoms with Gasteiger partial charge < -0.3 is 5.32 Å². The van der Waals surface area contributed by atoms with Crippen LogP contribution in [0.2, 0.25) is 5.02 Å². The van der Waals surface area contributed by atoms with Gasteiger partial charge in [-0.05, 0) is 47.5 Å². The Morgan fingerprint density at radius 1 is 0.955 bits per heavy atom. The number of carbonyl (C=O) groups excluding carboxylic acids is 1. The lowest BCUT2D eigenvalue weighted by Crippen LogP contribution is -2.26. The highest BCUT2D eigenvalue weighted by atomic mass is 35.5. The summed E-state index contributed by atoms with van der Waals surface area (Å²) in [6, 6.07) is 21.2. The van der Waals surface area contributed by atoms with Crippen LogP contribution in [0.3, 0.4) is 0 Å². The number of hydrogen-bond acceptors (Lipinski definition) is 1. The van der Waals surface area contributed by atoms with Gasteiger partial charge in [0.15, 0.2) is 0 Å². The van der Waals surface area contributed by atoms with E-state index in [1.54, 1.807) is 24.3 Å². The third-order valence-electron chi connectivity index (χ3n) is 3.74. The summed E-state index contributed by atoms with van der Waals surface area (Å²) >= 11 is 5.85. The second-order valence-electron chi connectivity index (χ2n) is 5.27. The SMILES string of the molecule is C[C@H](NC(=O)c1ccc(Cl)cc1)c1cccc2ccccc12. The lowest BCUT2D eigenvalue weighted by Gasteiger charge is -2.16. The molecular formula is C19H16ClNO. The summed E-state index contributed by atoms with van der Waals surface area (Å²) in [5.74, 6) is -0.0999. The van der Waals surface area contributed by atoms with Crippen molar-refractivity contribution in [2.24, 2.45) is 0 Å². The number of nitrogens with one attached hydrogen (secondary N) is 1. The minimum absolute atomic E-state index is 0.0747. The van der Waals surface area contributed by atoms with E-state index in [1.807, 2.05) is 25.1 Å². The van der Waals surface area contributed by atoms with E-state index in [9.17, 15) is 4.79 Å². The molecule has 0 spiro atoms. The zero-order valence-electron chi connectivity index (χ0n) is 12.2. The molecule has 3 rings (SSSR count). The van der Waals surface area contributed by atoms with Crippen LogP contribution in [0.25, 0.3) is 10.8 Å². The van der Waals surface area contributed by atoms with Gasteiger partial charge >= 0.3 is 0 Å². The zero-order chi connectivity index (χ0) is 15.5. The van der Waals surface area contributed by atoms with E-state index in [0.717, 1.165) is 10.9 Å². The van der Waals surface area contributed by atoms with Gasteiger partial charge in [-0.3, -0.25) is 4.79 Å². The molecule has 3 heteroatoms. The summed E-state index contributed by atoms with van der Waals surface area (Å²) in [5.41, 5.74) is 1.72. The van der Waals surface area contributed by atoms with Crippen LogP contribution in [-0.4, -0.2) is 5.91 Å². The molecule has 0 aliphatic carbocycles. The van der Waals surface area contributed by atoms with Crippen molar-refractivity contribution in [3.63, 3.8) is 0 Å². The molecule has 1 amide bonds. The van der Waals surface area contributed by atoms with E-state index in [-0.39, 0.29) is 11.9 Å². The highest BCUT2D eigenvalue weighted by molar-refractivity contribution is 6.30. The van der Waals surface area contributed by atoms with E-state index < -0.39 is 0 Å². The molecule has 0 heterocycles. The zero-order valence-corrected chi connectivity index (χ0v) is 13.0. The van der Waals surface area contributed by atoms with Crippen LogP contribution in [0.15, 0.2) is 66.7 Å². The standard InChI is InChI=1S/C19H16ClNO/c1-13(21-19(22)15-9-11-16(20)12-10-15)17-8-4-6-14-5-2-3-7-18(14)17/h2-13H,1H3,(H,21,22)/t13-/m0/s1. The van der Waals surface area contributed by atoms with Crippen LogP contribution >= 0.6 is 11.6 Å². The number of benzene rings is 3. The minimum atomic E-state index is -0.0999. The van der Waals surface area contributed by atoms with Crippen molar-refractivity contribution < 1.29 is 4.79 Å². The molecule has 3 aromatic carbocycles. The minimum Gasteiger partial charge on any atom is -0.345 e. The third-order valence-corrected chi connectivity index (χ3v) is 4.00. The van der Waals surface area contributed by atoms with Crippen molar-refractivity contribution >= 4 is 28.3 Å². The van der Waals surface area contributed by atoms with Crippen LogP contribution in [0.5, 0.6) is 0 Å². The first-order valence-electron chi connectivity index (χ1n) is 7.19. The number of carbonyl (C=O) groups is 1. The molecule has 110 valence electrons. The van der Waals surface area contributed by atoms with Crippen molar-refractivity contribution in [3.8, 4) is 0 Å². The molecule has 0 radical (unpaired) electrons. The van der Waals surface area contributed by atoms with Crippen molar-refractivity contribution in [2.75, 3.05) is 0 Å². The largest absolute Gasteiger partial charge is 0.345 e. The van der Waals surface area contributed by atoms with Gasteiger partial charge in [-0.1, -0.05) is 54.1 Å². The lowest BCUT2D eigenvalue weighted by molar-refractivity contribution is 0.0940. The molecule has 0 saturated carbocycles. The maximum absolute atomic E-state index is 12.3. The van der Waals surface area contributed by atoms with Crippen LogP contribution in [0.1, 0.15) is 28.9 Å². The lowest BCUT2D eigenvalue weighted by atomic mass is 9.99. The molecule has 1 N–H and O–H groups in total. The number of rotatable bonds is 3. The summed E-state index contributed by atoms with van der Waals surface area (Å²) in [5, 5.41) is 6.00. The first-order valence-corrected chi connectivity index (χ1v) is 7.57. The van der Waals surface area contributed by atoms with Crippen molar-refractivity contribution in [1.82, 2.24) is 5.32 Å². The monoisotopic (exact) mass is 309 g/mol. The highest BCUT2D eigenvalue weighted by Gasteiger charge is 2.13. The number of halogens is 1. The second kappa shape index (κ2) is 6.20. The molecule has 0 aliphatic rings. The predicted molar refractivity (Wildman–Crippen MR) is 91.3 cm³/mol. The van der Waals surface area contributed by atoms with Crippen LogP contribution in [0.4, 0.5) is 0 Å². The number of hydrogen-bond donors (Lipinski definition) is 1. The Morgan fingerprint density at radius 3 is 2.41 bits per heavy atom. The third kappa shape index (κ3) is 2.97. The van der Waals surface area contributed by atoms with E-state index in [4.69, 9.17) is 11.6 Å². The van der Waals surface area contributed by atoms with Gasteiger partial charge in [0.1, 0.15) is 0 Å². The highest BCUT2D eigenvalue weighted by Crippen LogP contribution is 2.24. The van der Waals surface area contributed by atoms with Crippen LogP contribution in [0, 0.1) is 0 Å². The molecule has 1 atom stereocenters. The normalized spacial score (nSPS) is 12.1. The molecule has 0 aliphatic heterocycles. The van der Waals surface area contributed by atoms with Gasteiger partial charge in [-0.15, -0.1) is 0 Å². The van der Waals surface area contributed by atoms with Gasteiger partial charge in [0.25, 0.3) is 5.91 Å². The maximum Gasteiger partial charge on any atom is 0.251 e. The number of amides is 1. The Bertz CT molecular complexity index is 806. The molecule has 0 aromatic heterocycles. The van der Waals surface area contributed by atoms with Gasteiger partial charge in [0.2, 0.25) is 0 Å². The second-order valence-corrected chi connectivity index (χ2v) is 5.71. The van der Waals surface area contributed by atoms with Crippen molar-refractivity contribution in [3.05, 3.63) is 82.9 Å². The van der Waals surface area contributed by atoms with E-state index in [1.165, 1.54) is 5.39 Å². The number of fused-ring (bicyclic) bond motifs is 1. The summed E-state index contributed by atoms with van der Waals surface area (Å²) in [6.07, 6.45) is 0. The summed E-state index contributed by atoms with van der Waals surface area (Å²) in [4.78, 5) is 12.3. The smallest absolute Gasteiger partial charge is 0.251 e. The van der Waals surface area contributed by atoms with Gasteiger partial charge in [0.05, 0.1) is 6.04 Å². The fourth-order valence-electron chi connectivity index (χ4n) is 2.59. The van der Waals surface area contributed by atoms with E-state index in [0.29, 0.717) is 10.6 Å². The fraction of sp³-hybridized carbons (Fsp3) is 0.105. The summed E-state index contributed by atoms with van der Waals surface area (Å²) in [7, 11) is 0. The Morgan fingerprint density at radius 2 is 1.64 bits per heavy atom. The van der Waals surface area contributed by atoms with Crippen LogP contribution < -0.4 is 5.32 Å². The molecule has 3 aromatic rings. The van der Waals surface area contributed by atoms with Gasteiger partial charge in [0, 0.05) is 10.6 Å². The molecule has 22 heavy (non-hydrogen) atoms. The average molecular weight is 310 g/mol. The molecule has 0 unspecified atom stereocenters. The Kier molecular flexibility index (Phi) is 4.12. The Hall–Kier alpha value is -2.32.